The predicted octanol–water partition coefficient (Wildman–Crippen LogP) is 12.4. The molecule has 8 heteroatoms. The summed E-state index contributed by atoms with van der Waals surface area (Å²) in [7, 11) is -4.28. The molecule has 53 heavy (non-hydrogen) atoms. The van der Waals surface area contributed by atoms with Crippen LogP contribution in [0.1, 0.15) is 184 Å². The van der Waals surface area contributed by atoms with E-state index < -0.39 is 21.7 Å². The van der Waals surface area contributed by atoms with E-state index in [1.165, 1.54) is 11.1 Å². The first-order chi connectivity index (χ1) is 23.7. The zero-order valence-corrected chi connectivity index (χ0v) is 37.8. The molecule has 2 aliphatic rings. The second-order valence-corrected chi connectivity index (χ2v) is 25.4. The van der Waals surface area contributed by atoms with E-state index in [0.29, 0.717) is 11.5 Å². The molecule has 0 unspecified atom stereocenters. The molecule has 2 saturated heterocycles. The van der Waals surface area contributed by atoms with Crippen LogP contribution in [0.4, 0.5) is 0 Å². The van der Waals surface area contributed by atoms with E-state index in [2.05, 4.69) is 149 Å². The Balaban J connectivity index is 1.68. The van der Waals surface area contributed by atoms with Crippen LogP contribution in [-0.4, -0.2) is 22.1 Å². The van der Waals surface area contributed by atoms with Gasteiger partial charge in [0.1, 0.15) is 11.5 Å². The zero-order valence-electron chi connectivity index (χ0n) is 36.0. The van der Waals surface area contributed by atoms with E-state index >= 15 is 0 Å². The van der Waals surface area contributed by atoms with Crippen molar-refractivity contribution in [1.29, 1.82) is 0 Å². The van der Waals surface area contributed by atoms with Crippen LogP contribution in [0.5, 0.6) is 11.5 Å². The first-order valence-corrected chi connectivity index (χ1v) is 21.6. The summed E-state index contributed by atoms with van der Waals surface area (Å²) < 4.78 is 13.3. The van der Waals surface area contributed by atoms with Crippen molar-refractivity contribution >= 4 is 38.4 Å². The summed E-state index contributed by atoms with van der Waals surface area (Å²) in [5.41, 5.74) is 2.38. The molecule has 292 valence electrons. The Bertz CT molecular complexity index is 1570. The Hall–Kier alpha value is -2.42. The summed E-state index contributed by atoms with van der Waals surface area (Å²) in [4.78, 5) is 56.3. The standard InChI is InChI=1S/C45H66O6P2/c1-39(2,3)27-19-29(41(7,8)9)37(30(20-27)42(10,11)12)50-52-33(46)23-45(24-34(52)47)25-35(48)53(36(49)26-45)51-38-31(43(13,14)15)21-28(40(4,5)6)22-32(38)44(16,17)18/h19-22H,23-26H2,1-18H3. The van der Waals surface area contributed by atoms with Gasteiger partial charge in [-0.05, 0) is 49.0 Å². The molecule has 0 N–H and O–H groups in total. The number of carbonyl (C=O) groups is 4. The maximum Gasteiger partial charge on any atom is 0.223 e. The van der Waals surface area contributed by atoms with Crippen molar-refractivity contribution in [2.24, 2.45) is 5.41 Å². The van der Waals surface area contributed by atoms with Gasteiger partial charge >= 0.3 is 0 Å². The van der Waals surface area contributed by atoms with Crippen molar-refractivity contribution in [3.8, 4) is 11.5 Å². The van der Waals surface area contributed by atoms with Crippen LogP contribution in [-0.2, 0) is 51.7 Å². The Kier molecular flexibility index (Phi) is 11.4. The Morgan fingerprint density at radius 1 is 0.396 bits per heavy atom. The molecule has 2 fully saturated rings. The summed E-state index contributed by atoms with van der Waals surface area (Å²) in [6.07, 6.45) is -0.160. The fraction of sp³-hybridized carbons (Fsp3) is 0.644. The minimum atomic E-state index is -2.14. The Morgan fingerprint density at radius 2 is 0.604 bits per heavy atom. The maximum atomic E-state index is 14.1. The molecule has 2 heterocycles. The highest BCUT2D eigenvalue weighted by Crippen LogP contribution is 2.62. The predicted molar refractivity (Wildman–Crippen MR) is 221 cm³/mol. The molecule has 0 amide bonds. The highest BCUT2D eigenvalue weighted by Gasteiger charge is 2.55. The molecule has 2 aromatic rings. The minimum Gasteiger partial charge on any atom is -0.458 e. The highest BCUT2D eigenvalue weighted by atomic mass is 31.1. The summed E-state index contributed by atoms with van der Waals surface area (Å²) in [6.45, 7) is 38.5. The molecule has 0 saturated carbocycles. The second kappa shape index (κ2) is 14.0. The lowest BCUT2D eigenvalue weighted by Crippen LogP contribution is -2.40. The fourth-order valence-electron chi connectivity index (χ4n) is 7.16. The zero-order chi connectivity index (χ0) is 40.7. The lowest BCUT2D eigenvalue weighted by atomic mass is 9.75. The lowest BCUT2D eigenvalue weighted by Gasteiger charge is -2.42. The molecule has 0 bridgehead atoms. The molecule has 4 rings (SSSR count). The molecule has 2 aromatic carbocycles. The van der Waals surface area contributed by atoms with Crippen LogP contribution in [0.15, 0.2) is 24.3 Å². The summed E-state index contributed by atoms with van der Waals surface area (Å²) >= 11 is 0. The topological polar surface area (TPSA) is 86.7 Å². The van der Waals surface area contributed by atoms with Gasteiger partial charge in [-0.2, -0.15) is 0 Å². The molecular formula is C45H66O6P2. The van der Waals surface area contributed by atoms with E-state index in [9.17, 15) is 19.2 Å². The first kappa shape index (κ1) is 43.3. The van der Waals surface area contributed by atoms with Crippen molar-refractivity contribution in [1.82, 2.24) is 0 Å². The summed E-state index contributed by atoms with van der Waals surface area (Å²) in [6, 6.07) is 8.64. The average Bonchev–Trinajstić information content (AvgIpc) is 2.93. The van der Waals surface area contributed by atoms with E-state index in [0.717, 1.165) is 22.3 Å². The monoisotopic (exact) mass is 764 g/mol. The van der Waals surface area contributed by atoms with Gasteiger partial charge in [0.15, 0.2) is 0 Å². The van der Waals surface area contributed by atoms with Crippen LogP contribution in [0.2, 0.25) is 0 Å². The molecule has 1 spiro atoms. The molecule has 2 aliphatic heterocycles. The van der Waals surface area contributed by atoms with Crippen LogP contribution in [0, 0.1) is 5.41 Å². The molecule has 0 aromatic heterocycles. The largest absolute Gasteiger partial charge is 0.458 e. The van der Waals surface area contributed by atoms with Gasteiger partial charge in [0, 0.05) is 47.9 Å². The van der Waals surface area contributed by atoms with E-state index in [1.54, 1.807) is 0 Å². The van der Waals surface area contributed by atoms with Crippen molar-refractivity contribution < 1.29 is 28.2 Å². The van der Waals surface area contributed by atoms with Gasteiger partial charge in [0.2, 0.25) is 38.4 Å². The van der Waals surface area contributed by atoms with Gasteiger partial charge in [-0.3, -0.25) is 19.2 Å². The Morgan fingerprint density at radius 3 is 0.774 bits per heavy atom. The lowest BCUT2D eigenvalue weighted by molar-refractivity contribution is -0.126. The molecule has 0 radical (unpaired) electrons. The van der Waals surface area contributed by atoms with Crippen molar-refractivity contribution in [2.45, 2.75) is 183 Å². The quantitative estimate of drug-likeness (QED) is 0.288. The van der Waals surface area contributed by atoms with Crippen LogP contribution < -0.4 is 9.05 Å². The Labute approximate surface area is 323 Å². The van der Waals surface area contributed by atoms with Gasteiger partial charge in [-0.1, -0.05) is 149 Å². The third kappa shape index (κ3) is 9.35. The van der Waals surface area contributed by atoms with Gasteiger partial charge in [0.05, 0.1) is 0 Å². The van der Waals surface area contributed by atoms with Gasteiger partial charge < -0.3 is 9.05 Å². The number of rotatable bonds is 4. The third-order valence-corrected chi connectivity index (χ3v) is 13.7. The molecular weight excluding hydrogens is 698 g/mol. The van der Waals surface area contributed by atoms with E-state index in [4.69, 9.17) is 9.05 Å². The second-order valence-electron chi connectivity index (χ2n) is 21.9. The van der Waals surface area contributed by atoms with Gasteiger partial charge in [-0.15, -0.1) is 0 Å². The van der Waals surface area contributed by atoms with Crippen LogP contribution >= 0.6 is 16.3 Å². The average molecular weight is 765 g/mol. The molecule has 0 aliphatic carbocycles. The van der Waals surface area contributed by atoms with E-state index in [1.807, 2.05) is 0 Å². The van der Waals surface area contributed by atoms with Crippen LogP contribution in [0.3, 0.4) is 0 Å². The summed E-state index contributed by atoms with van der Waals surface area (Å²) in [5, 5.41) is 0. The first-order valence-electron chi connectivity index (χ1n) is 19.1. The number of hydrogen-bond acceptors (Lipinski definition) is 6. The van der Waals surface area contributed by atoms with Crippen molar-refractivity contribution in [3.05, 3.63) is 57.6 Å². The van der Waals surface area contributed by atoms with E-state index in [-0.39, 0.29) is 80.3 Å². The minimum absolute atomic E-state index is 0.0400. The number of hydrogen-bond donors (Lipinski definition) is 0. The van der Waals surface area contributed by atoms with Crippen molar-refractivity contribution in [3.63, 3.8) is 0 Å². The van der Waals surface area contributed by atoms with Gasteiger partial charge in [0.25, 0.3) is 0 Å². The molecule has 0 atom stereocenters. The fourth-order valence-corrected chi connectivity index (χ4v) is 10.8. The maximum absolute atomic E-state index is 14.1. The van der Waals surface area contributed by atoms with Crippen molar-refractivity contribution in [2.75, 3.05) is 0 Å². The smallest absolute Gasteiger partial charge is 0.223 e. The van der Waals surface area contributed by atoms with Gasteiger partial charge in [-0.25, -0.2) is 0 Å². The molecule has 6 nitrogen and oxygen atoms in total. The normalized spacial score (nSPS) is 22.5. The highest BCUT2D eigenvalue weighted by molar-refractivity contribution is 7.86. The number of benzene rings is 2. The summed E-state index contributed by atoms with van der Waals surface area (Å²) in [5.74, 6) is 1.22. The van der Waals surface area contributed by atoms with Crippen LogP contribution in [0.25, 0.3) is 0 Å². The SMILES string of the molecule is CC(C)(C)c1cc(C(C)(C)C)c(OP2C(=O)CC3(CC2=O)CC(=O)P(Oc2c(C(C)(C)C)cc(C(C)(C)C)cc2C(C)(C)C)C(=O)C3)c(C(C)(C)C)c1. The number of carbonyl (C=O) groups excluding carboxylic acids is 4. The third-order valence-electron chi connectivity index (χ3n) is 10.5.